The molecule has 0 saturated heterocycles. The molecule has 1 heterocycles. The molecule has 0 fully saturated rings. The number of hydrogen-bond donors (Lipinski definition) is 1. The van der Waals surface area contributed by atoms with Crippen molar-refractivity contribution in [1.29, 1.82) is 0 Å². The van der Waals surface area contributed by atoms with E-state index >= 15 is 0 Å². The van der Waals surface area contributed by atoms with Gasteiger partial charge in [-0.2, -0.15) is 5.10 Å². The minimum atomic E-state index is -0.484. The van der Waals surface area contributed by atoms with Gasteiger partial charge in [0.15, 0.2) is 0 Å². The molecule has 0 radical (unpaired) electrons. The number of esters is 1. The second kappa shape index (κ2) is 7.86. The van der Waals surface area contributed by atoms with Crippen molar-refractivity contribution >= 4 is 11.8 Å². The Bertz CT molecular complexity index is 412. The molecule has 7 nitrogen and oxygen atoms in total. The molecule has 7 heteroatoms. The molecule has 0 atom stereocenters. The topological polar surface area (TPSA) is 88.6 Å². The zero-order valence-corrected chi connectivity index (χ0v) is 12.3. The number of ether oxygens (including phenoxy) is 3. The van der Waals surface area contributed by atoms with Crippen LogP contribution in [0.15, 0.2) is 12.3 Å². The fraction of sp³-hybridized carbons (Fsp3) is 0.692. The van der Waals surface area contributed by atoms with Crippen LogP contribution in [-0.4, -0.2) is 47.8 Å². The molecule has 2 N–H and O–H groups in total. The molecule has 0 spiro atoms. The minimum Gasteiger partial charge on any atom is -0.458 e. The van der Waals surface area contributed by atoms with Crippen LogP contribution in [0.3, 0.4) is 0 Å². The molecule has 1 aromatic rings. The summed E-state index contributed by atoms with van der Waals surface area (Å²) in [5.74, 6) is 0.121. The Morgan fingerprint density at radius 2 is 2.00 bits per heavy atom. The monoisotopic (exact) mass is 285 g/mol. The highest BCUT2D eigenvalue weighted by Gasteiger charge is 2.15. The summed E-state index contributed by atoms with van der Waals surface area (Å²) in [4.78, 5) is 11.3. The fourth-order valence-corrected chi connectivity index (χ4v) is 1.41. The number of nitrogens with two attached hydrogens (primary N) is 1. The minimum absolute atomic E-state index is 0.0592. The second-order valence-electron chi connectivity index (χ2n) is 5.26. The van der Waals surface area contributed by atoms with Crippen LogP contribution >= 0.6 is 0 Å². The van der Waals surface area contributed by atoms with Crippen LogP contribution in [0, 0.1) is 0 Å². The van der Waals surface area contributed by atoms with Crippen molar-refractivity contribution in [3.8, 4) is 0 Å². The molecule has 0 aromatic carbocycles. The molecule has 1 aromatic heterocycles. The van der Waals surface area contributed by atoms with Gasteiger partial charge in [-0.1, -0.05) is 0 Å². The Morgan fingerprint density at radius 1 is 1.30 bits per heavy atom. The van der Waals surface area contributed by atoms with E-state index in [4.69, 9.17) is 19.9 Å². The van der Waals surface area contributed by atoms with Gasteiger partial charge in [-0.3, -0.25) is 4.68 Å². The van der Waals surface area contributed by atoms with E-state index in [1.807, 2.05) is 20.8 Å². The first kappa shape index (κ1) is 16.5. The van der Waals surface area contributed by atoms with Crippen LogP contribution in [0.1, 0.15) is 20.8 Å². The van der Waals surface area contributed by atoms with E-state index in [2.05, 4.69) is 5.10 Å². The second-order valence-corrected chi connectivity index (χ2v) is 5.26. The first-order valence-corrected chi connectivity index (χ1v) is 6.53. The van der Waals surface area contributed by atoms with E-state index in [0.717, 1.165) is 0 Å². The third-order valence-corrected chi connectivity index (χ3v) is 2.14. The van der Waals surface area contributed by atoms with Crippen LogP contribution in [0.5, 0.6) is 0 Å². The third kappa shape index (κ3) is 7.75. The molecular weight excluding hydrogens is 262 g/mol. The van der Waals surface area contributed by atoms with Gasteiger partial charge >= 0.3 is 5.97 Å². The zero-order chi connectivity index (χ0) is 15.0. The van der Waals surface area contributed by atoms with Crippen molar-refractivity contribution in [1.82, 2.24) is 9.78 Å². The van der Waals surface area contributed by atoms with Gasteiger partial charge in [-0.05, 0) is 26.8 Å². The van der Waals surface area contributed by atoms with E-state index in [-0.39, 0.29) is 12.6 Å². The van der Waals surface area contributed by atoms with E-state index in [1.165, 1.54) is 0 Å². The van der Waals surface area contributed by atoms with Gasteiger partial charge in [-0.15, -0.1) is 0 Å². The van der Waals surface area contributed by atoms with E-state index in [0.29, 0.717) is 32.2 Å². The molecule has 0 amide bonds. The lowest BCUT2D eigenvalue weighted by Crippen LogP contribution is -2.27. The summed E-state index contributed by atoms with van der Waals surface area (Å²) in [6, 6.07) is 1.73. The number of nitrogen functional groups attached to an aromatic ring is 1. The SMILES string of the molecule is CC(C)(C)OC(=O)COCCOCCn1ccc(N)n1. The normalized spacial score (nSPS) is 11.6. The molecule has 1 rings (SSSR count). The summed E-state index contributed by atoms with van der Waals surface area (Å²) in [5.41, 5.74) is 5.00. The van der Waals surface area contributed by atoms with Crippen LogP contribution in [0.2, 0.25) is 0 Å². The Hall–Kier alpha value is -1.60. The number of hydrogen-bond acceptors (Lipinski definition) is 6. The lowest BCUT2D eigenvalue weighted by molar-refractivity contribution is -0.160. The van der Waals surface area contributed by atoms with Crippen molar-refractivity contribution in [3.05, 3.63) is 12.3 Å². The largest absolute Gasteiger partial charge is 0.458 e. The summed E-state index contributed by atoms with van der Waals surface area (Å²) in [5, 5.41) is 4.02. The van der Waals surface area contributed by atoms with Gasteiger partial charge in [0.25, 0.3) is 0 Å². The van der Waals surface area contributed by atoms with Crippen LogP contribution in [-0.2, 0) is 25.5 Å². The summed E-state index contributed by atoms with van der Waals surface area (Å²) in [6.45, 7) is 7.29. The maximum absolute atomic E-state index is 11.3. The predicted molar refractivity (Wildman–Crippen MR) is 74.1 cm³/mol. The van der Waals surface area contributed by atoms with Gasteiger partial charge in [0.1, 0.15) is 18.0 Å². The van der Waals surface area contributed by atoms with Crippen molar-refractivity contribution in [2.45, 2.75) is 32.9 Å². The first-order valence-electron chi connectivity index (χ1n) is 6.53. The number of anilines is 1. The van der Waals surface area contributed by atoms with Gasteiger partial charge in [0, 0.05) is 6.20 Å². The summed E-state index contributed by atoms with van der Waals surface area (Å²) >= 11 is 0. The Balaban J connectivity index is 1.96. The molecule has 0 saturated carbocycles. The fourth-order valence-electron chi connectivity index (χ4n) is 1.41. The maximum atomic E-state index is 11.3. The van der Waals surface area contributed by atoms with E-state index in [1.54, 1.807) is 16.9 Å². The lowest BCUT2D eigenvalue weighted by Gasteiger charge is -2.19. The summed E-state index contributed by atoms with van der Waals surface area (Å²) < 4.78 is 17.3. The number of aromatic nitrogens is 2. The highest BCUT2D eigenvalue weighted by molar-refractivity contribution is 5.71. The van der Waals surface area contributed by atoms with Gasteiger partial charge < -0.3 is 19.9 Å². The summed E-state index contributed by atoms with van der Waals surface area (Å²) in [6.07, 6.45) is 1.79. The maximum Gasteiger partial charge on any atom is 0.332 e. The smallest absolute Gasteiger partial charge is 0.332 e. The molecule has 0 bridgehead atoms. The highest BCUT2D eigenvalue weighted by atomic mass is 16.6. The number of nitrogens with zero attached hydrogens (tertiary/aromatic N) is 2. The number of carbonyl (C=O) groups excluding carboxylic acids is 1. The molecular formula is C13H23N3O4. The first-order chi connectivity index (χ1) is 9.37. The molecule has 0 aliphatic rings. The third-order valence-electron chi connectivity index (χ3n) is 2.14. The zero-order valence-electron chi connectivity index (χ0n) is 12.3. The van der Waals surface area contributed by atoms with Crippen LogP contribution in [0.25, 0.3) is 0 Å². The quantitative estimate of drug-likeness (QED) is 0.562. The van der Waals surface area contributed by atoms with Crippen molar-refractivity contribution < 1.29 is 19.0 Å². The summed E-state index contributed by atoms with van der Waals surface area (Å²) in [7, 11) is 0. The van der Waals surface area contributed by atoms with Crippen LogP contribution in [0.4, 0.5) is 5.82 Å². The van der Waals surface area contributed by atoms with Gasteiger partial charge in [-0.25, -0.2) is 4.79 Å². The van der Waals surface area contributed by atoms with Crippen molar-refractivity contribution in [2.24, 2.45) is 0 Å². The molecule has 114 valence electrons. The average molecular weight is 285 g/mol. The van der Waals surface area contributed by atoms with E-state index < -0.39 is 5.60 Å². The Labute approximate surface area is 119 Å². The average Bonchev–Trinajstić information content (AvgIpc) is 2.71. The predicted octanol–water partition coefficient (Wildman–Crippen LogP) is 0.840. The standard InChI is InChI=1S/C13H23N3O4/c1-13(2,3)20-12(17)10-19-9-8-18-7-6-16-5-4-11(14)15-16/h4-5H,6-10H2,1-3H3,(H2,14,15). The number of carbonyl (C=O) groups is 1. The Morgan fingerprint density at radius 3 is 2.60 bits per heavy atom. The number of rotatable bonds is 8. The molecule has 0 unspecified atom stereocenters. The van der Waals surface area contributed by atoms with Crippen molar-refractivity contribution in [2.75, 3.05) is 32.2 Å². The highest BCUT2D eigenvalue weighted by Crippen LogP contribution is 2.06. The van der Waals surface area contributed by atoms with Gasteiger partial charge in [0.05, 0.1) is 26.4 Å². The van der Waals surface area contributed by atoms with Crippen molar-refractivity contribution in [3.63, 3.8) is 0 Å². The molecule has 0 aliphatic carbocycles. The van der Waals surface area contributed by atoms with Crippen LogP contribution < -0.4 is 5.73 Å². The lowest BCUT2D eigenvalue weighted by atomic mass is 10.2. The Kier molecular flexibility index (Phi) is 6.47. The molecule has 20 heavy (non-hydrogen) atoms. The van der Waals surface area contributed by atoms with Gasteiger partial charge in [0.2, 0.25) is 0 Å². The molecule has 0 aliphatic heterocycles. The van der Waals surface area contributed by atoms with E-state index in [9.17, 15) is 4.79 Å².